The minimum absolute atomic E-state index is 0.237. The molecule has 2 amide bonds. The lowest BCUT2D eigenvalue weighted by molar-refractivity contribution is -0.143. The van der Waals surface area contributed by atoms with Crippen molar-refractivity contribution in [2.24, 2.45) is 0 Å². The van der Waals surface area contributed by atoms with E-state index in [2.05, 4.69) is 31.1 Å². The first-order valence-corrected chi connectivity index (χ1v) is 7.91. The number of nitrogens with zero attached hydrogens (tertiary/aromatic N) is 2. The van der Waals surface area contributed by atoms with Crippen molar-refractivity contribution in [1.29, 1.82) is 0 Å². The van der Waals surface area contributed by atoms with Gasteiger partial charge in [0.2, 0.25) is 0 Å². The first kappa shape index (κ1) is 17.8. The van der Waals surface area contributed by atoms with E-state index < -0.39 is 12.0 Å². The highest BCUT2D eigenvalue weighted by atomic mass is 16.4. The summed E-state index contributed by atoms with van der Waals surface area (Å²) in [4.78, 5) is 27.0. The maximum absolute atomic E-state index is 12.1. The van der Waals surface area contributed by atoms with Gasteiger partial charge < -0.3 is 20.2 Å². The number of carboxylic acid groups (broad SMARTS) is 1. The van der Waals surface area contributed by atoms with Gasteiger partial charge in [-0.2, -0.15) is 0 Å². The summed E-state index contributed by atoms with van der Waals surface area (Å²) in [6, 6.07) is -0.366. The lowest BCUT2D eigenvalue weighted by atomic mass is 10.0. The van der Waals surface area contributed by atoms with Crippen LogP contribution >= 0.6 is 0 Å². The summed E-state index contributed by atoms with van der Waals surface area (Å²) >= 11 is 0. The van der Waals surface area contributed by atoms with Crippen molar-refractivity contribution in [3.05, 3.63) is 0 Å². The number of likely N-dealkylation sites (tertiary alicyclic amines) is 1. The third-order valence-corrected chi connectivity index (χ3v) is 4.14. The van der Waals surface area contributed by atoms with Crippen molar-refractivity contribution in [3.8, 4) is 0 Å². The zero-order chi connectivity index (χ0) is 15.8. The number of unbranched alkanes of at least 4 members (excludes halogenated alkanes) is 1. The van der Waals surface area contributed by atoms with E-state index in [1.165, 1.54) is 4.90 Å². The topological polar surface area (TPSA) is 72.9 Å². The quantitative estimate of drug-likeness (QED) is 0.703. The van der Waals surface area contributed by atoms with Gasteiger partial charge in [-0.05, 0) is 59.5 Å². The van der Waals surface area contributed by atoms with Gasteiger partial charge in [0.15, 0.2) is 0 Å². The number of carbonyl (C=O) groups is 2. The first-order chi connectivity index (χ1) is 9.93. The normalized spacial score (nSPS) is 19.1. The first-order valence-electron chi connectivity index (χ1n) is 7.91. The van der Waals surface area contributed by atoms with Crippen LogP contribution < -0.4 is 5.32 Å². The molecule has 1 heterocycles. The number of urea groups is 1. The number of nitrogens with one attached hydrogen (secondary N) is 1. The maximum atomic E-state index is 12.1. The standard InChI is InChI=1S/C15H29N3O3/c1-12(2)17(3)10-7-5-9-16-15(21)18-11-6-4-8-13(18)14(19)20/h12-13H,4-11H2,1-3H3,(H,16,21)(H,19,20). The molecular weight excluding hydrogens is 270 g/mol. The summed E-state index contributed by atoms with van der Waals surface area (Å²) in [5.74, 6) is -0.900. The SMILES string of the molecule is CC(C)N(C)CCCCNC(=O)N1CCCCC1C(=O)O. The molecule has 6 nitrogen and oxygen atoms in total. The molecule has 0 radical (unpaired) electrons. The molecule has 2 N–H and O–H groups in total. The zero-order valence-electron chi connectivity index (χ0n) is 13.5. The van der Waals surface area contributed by atoms with Gasteiger partial charge in [-0.1, -0.05) is 0 Å². The van der Waals surface area contributed by atoms with Crippen LogP contribution in [0.4, 0.5) is 4.79 Å². The number of hydrogen-bond acceptors (Lipinski definition) is 3. The molecule has 1 aliphatic rings. The molecule has 0 spiro atoms. The molecule has 0 aromatic carbocycles. The van der Waals surface area contributed by atoms with Gasteiger partial charge in [0.05, 0.1) is 0 Å². The van der Waals surface area contributed by atoms with E-state index in [-0.39, 0.29) is 6.03 Å². The fourth-order valence-electron chi connectivity index (χ4n) is 2.47. The van der Waals surface area contributed by atoms with Crippen molar-refractivity contribution in [2.45, 2.75) is 58.0 Å². The summed E-state index contributed by atoms with van der Waals surface area (Å²) < 4.78 is 0. The molecule has 0 saturated carbocycles. The van der Waals surface area contributed by atoms with Crippen LogP contribution in [-0.2, 0) is 4.79 Å². The van der Waals surface area contributed by atoms with Crippen molar-refractivity contribution in [2.75, 3.05) is 26.7 Å². The Bertz CT molecular complexity index is 347. The summed E-state index contributed by atoms with van der Waals surface area (Å²) in [6.45, 7) is 6.47. The highest BCUT2D eigenvalue weighted by Gasteiger charge is 2.31. The van der Waals surface area contributed by atoms with E-state index in [9.17, 15) is 9.59 Å². The Hall–Kier alpha value is -1.30. The summed E-state index contributed by atoms with van der Waals surface area (Å²) in [5, 5.41) is 12.0. The number of amides is 2. The van der Waals surface area contributed by atoms with Crippen LogP contribution in [0.25, 0.3) is 0 Å². The highest BCUT2D eigenvalue weighted by molar-refractivity contribution is 5.82. The molecule has 122 valence electrons. The van der Waals surface area contributed by atoms with E-state index in [0.29, 0.717) is 25.6 Å². The largest absolute Gasteiger partial charge is 0.480 e. The lowest BCUT2D eigenvalue weighted by Crippen LogP contribution is -2.52. The molecule has 0 bridgehead atoms. The second kappa shape index (κ2) is 8.87. The van der Waals surface area contributed by atoms with Crippen LogP contribution in [0.5, 0.6) is 0 Å². The average Bonchev–Trinajstić information content (AvgIpc) is 2.46. The monoisotopic (exact) mass is 299 g/mol. The van der Waals surface area contributed by atoms with Gasteiger partial charge in [0.1, 0.15) is 6.04 Å². The number of aliphatic carboxylic acids is 1. The van der Waals surface area contributed by atoms with E-state index in [1.54, 1.807) is 0 Å². The molecule has 0 aromatic rings. The van der Waals surface area contributed by atoms with Gasteiger partial charge in [0, 0.05) is 19.1 Å². The van der Waals surface area contributed by atoms with Crippen LogP contribution in [0.3, 0.4) is 0 Å². The Morgan fingerprint density at radius 2 is 2.05 bits per heavy atom. The van der Waals surface area contributed by atoms with Gasteiger partial charge in [-0.15, -0.1) is 0 Å². The molecule has 0 aliphatic carbocycles. The van der Waals surface area contributed by atoms with Crippen LogP contribution in [-0.4, -0.2) is 65.7 Å². The Balaban J connectivity index is 2.25. The van der Waals surface area contributed by atoms with Crippen molar-refractivity contribution in [1.82, 2.24) is 15.1 Å². The lowest BCUT2D eigenvalue weighted by Gasteiger charge is -2.32. The maximum Gasteiger partial charge on any atom is 0.326 e. The van der Waals surface area contributed by atoms with E-state index >= 15 is 0 Å². The minimum Gasteiger partial charge on any atom is -0.480 e. The van der Waals surface area contributed by atoms with Crippen LogP contribution in [0, 0.1) is 0 Å². The summed E-state index contributed by atoms with van der Waals surface area (Å²) in [6.07, 6.45) is 4.26. The second-order valence-corrected chi connectivity index (χ2v) is 6.06. The van der Waals surface area contributed by atoms with Crippen molar-refractivity contribution in [3.63, 3.8) is 0 Å². The minimum atomic E-state index is -0.900. The molecule has 21 heavy (non-hydrogen) atoms. The van der Waals surface area contributed by atoms with Crippen LogP contribution in [0.1, 0.15) is 46.0 Å². The van der Waals surface area contributed by atoms with E-state index in [0.717, 1.165) is 32.2 Å². The Morgan fingerprint density at radius 3 is 2.67 bits per heavy atom. The van der Waals surface area contributed by atoms with Crippen molar-refractivity contribution >= 4 is 12.0 Å². The molecule has 1 unspecified atom stereocenters. The second-order valence-electron chi connectivity index (χ2n) is 6.06. The number of rotatable bonds is 7. The van der Waals surface area contributed by atoms with Gasteiger partial charge >= 0.3 is 12.0 Å². The number of carboxylic acids is 1. The number of hydrogen-bond donors (Lipinski definition) is 2. The summed E-state index contributed by atoms with van der Waals surface area (Å²) in [7, 11) is 2.09. The smallest absolute Gasteiger partial charge is 0.326 e. The molecule has 1 aliphatic heterocycles. The van der Waals surface area contributed by atoms with E-state index in [4.69, 9.17) is 5.11 Å². The molecule has 1 fully saturated rings. The molecule has 0 aromatic heterocycles. The third kappa shape index (κ3) is 5.91. The fourth-order valence-corrected chi connectivity index (χ4v) is 2.47. The Morgan fingerprint density at radius 1 is 1.33 bits per heavy atom. The van der Waals surface area contributed by atoms with E-state index in [1.807, 2.05) is 0 Å². The van der Waals surface area contributed by atoms with Gasteiger partial charge in [-0.25, -0.2) is 9.59 Å². The fraction of sp³-hybridized carbons (Fsp3) is 0.867. The molecule has 1 atom stereocenters. The molecule has 1 saturated heterocycles. The Labute approximate surface area is 127 Å². The highest BCUT2D eigenvalue weighted by Crippen LogP contribution is 2.17. The number of carbonyl (C=O) groups excluding carboxylic acids is 1. The molecular formula is C15H29N3O3. The summed E-state index contributed by atoms with van der Waals surface area (Å²) in [5.41, 5.74) is 0. The Kier molecular flexibility index (Phi) is 7.50. The van der Waals surface area contributed by atoms with Gasteiger partial charge in [-0.3, -0.25) is 0 Å². The molecule has 6 heteroatoms. The molecule has 1 rings (SSSR count). The predicted octanol–water partition coefficient (Wildman–Crippen LogP) is 1.76. The number of piperidine rings is 1. The zero-order valence-corrected chi connectivity index (χ0v) is 13.5. The van der Waals surface area contributed by atoms with Crippen LogP contribution in [0.15, 0.2) is 0 Å². The van der Waals surface area contributed by atoms with Crippen molar-refractivity contribution < 1.29 is 14.7 Å². The predicted molar refractivity (Wildman–Crippen MR) is 82.4 cm³/mol. The average molecular weight is 299 g/mol. The van der Waals surface area contributed by atoms with Crippen LogP contribution in [0.2, 0.25) is 0 Å². The van der Waals surface area contributed by atoms with Gasteiger partial charge in [0.25, 0.3) is 0 Å². The third-order valence-electron chi connectivity index (χ3n) is 4.14.